The van der Waals surface area contributed by atoms with Crippen molar-refractivity contribution in [2.24, 2.45) is 0 Å². The van der Waals surface area contributed by atoms with Crippen LogP contribution in [0.5, 0.6) is 0 Å². The number of guanidine groups is 1. The van der Waals surface area contributed by atoms with E-state index in [2.05, 4.69) is 36.5 Å². The average molecular weight is 388 g/mol. The van der Waals surface area contributed by atoms with Crippen LogP contribution in [0.25, 0.3) is 10.8 Å². The molecule has 1 atom stereocenters. The molecule has 140 valence electrons. The molecule has 6 heteroatoms. The Balaban J connectivity index is 0.00000210. The lowest BCUT2D eigenvalue weighted by atomic mass is 9.96. The van der Waals surface area contributed by atoms with Crippen LogP contribution in [0.15, 0.2) is 54.6 Å². The highest BCUT2D eigenvalue weighted by Gasteiger charge is 2.29. The maximum Gasteiger partial charge on any atom is 0.195 e. The molecule has 0 radical (unpaired) electrons. The smallest absolute Gasteiger partial charge is 0.195 e. The lowest BCUT2D eigenvalue weighted by Crippen LogP contribution is -2.39. The van der Waals surface area contributed by atoms with Gasteiger partial charge in [0.25, 0.3) is 0 Å². The van der Waals surface area contributed by atoms with Crippen LogP contribution in [0.2, 0.25) is 0 Å². The molecule has 3 nitrogen and oxygen atoms in total. The molecule has 27 heavy (non-hydrogen) atoms. The number of benzene rings is 3. The zero-order chi connectivity index (χ0) is 18.3. The van der Waals surface area contributed by atoms with Crippen LogP contribution in [0, 0.1) is 17.0 Å². The number of fused-ring (bicyclic) bond motifs is 3. The van der Waals surface area contributed by atoms with Gasteiger partial charge in [-0.2, -0.15) is 0 Å². The summed E-state index contributed by atoms with van der Waals surface area (Å²) in [4.78, 5) is 1.94. The van der Waals surface area contributed by atoms with Gasteiger partial charge in [0.05, 0.1) is 0 Å². The topological polar surface area (TPSA) is 39.1 Å². The second-order valence-corrected chi connectivity index (χ2v) is 6.68. The molecule has 2 N–H and O–H groups in total. The fourth-order valence-electron chi connectivity index (χ4n) is 3.64. The summed E-state index contributed by atoms with van der Waals surface area (Å²) >= 11 is 0. The summed E-state index contributed by atoms with van der Waals surface area (Å²) in [6.45, 7) is 3.14. The van der Waals surface area contributed by atoms with Crippen LogP contribution in [-0.2, 0) is 6.54 Å². The summed E-state index contributed by atoms with van der Waals surface area (Å²) in [5.74, 6) is -1.17. The van der Waals surface area contributed by atoms with Crippen LogP contribution in [0.1, 0.15) is 24.0 Å². The van der Waals surface area contributed by atoms with Gasteiger partial charge in [0, 0.05) is 24.7 Å². The van der Waals surface area contributed by atoms with E-state index in [0.29, 0.717) is 18.0 Å². The molecule has 1 aliphatic heterocycles. The minimum Gasteiger partial charge on any atom is -0.352 e. The van der Waals surface area contributed by atoms with E-state index in [1.54, 1.807) is 0 Å². The maximum absolute atomic E-state index is 13.3. The molecule has 1 heterocycles. The van der Waals surface area contributed by atoms with Gasteiger partial charge in [0.15, 0.2) is 17.6 Å². The van der Waals surface area contributed by atoms with Crippen LogP contribution in [0.4, 0.5) is 14.5 Å². The van der Waals surface area contributed by atoms with Gasteiger partial charge in [-0.05, 0) is 40.1 Å². The van der Waals surface area contributed by atoms with Gasteiger partial charge < -0.3 is 10.2 Å². The van der Waals surface area contributed by atoms with Crippen molar-refractivity contribution in [3.05, 3.63) is 77.4 Å². The summed E-state index contributed by atoms with van der Waals surface area (Å²) < 4.78 is 26.4. The van der Waals surface area contributed by atoms with Crippen molar-refractivity contribution in [3.8, 4) is 0 Å². The van der Waals surface area contributed by atoms with E-state index in [4.69, 9.17) is 5.41 Å². The number of hydrogen-bond donors (Lipinski definition) is 2. The fraction of sp³-hybridized carbons (Fsp3) is 0.190. The third-order valence-electron chi connectivity index (χ3n) is 4.90. The molecule has 0 bridgehead atoms. The highest BCUT2D eigenvalue weighted by molar-refractivity contribution is 6.01. The Bertz CT molecular complexity index is 1010. The summed E-state index contributed by atoms with van der Waals surface area (Å²) in [5, 5.41) is 13.8. The van der Waals surface area contributed by atoms with Gasteiger partial charge >= 0.3 is 0 Å². The first-order valence-electron chi connectivity index (χ1n) is 8.60. The fourth-order valence-corrected chi connectivity index (χ4v) is 3.64. The van der Waals surface area contributed by atoms with Crippen LogP contribution in [0.3, 0.4) is 0 Å². The van der Waals surface area contributed by atoms with E-state index in [1.165, 1.54) is 22.4 Å². The van der Waals surface area contributed by atoms with Crippen molar-refractivity contribution in [2.45, 2.75) is 19.4 Å². The lowest BCUT2D eigenvalue weighted by molar-refractivity contribution is 0.507. The van der Waals surface area contributed by atoms with Gasteiger partial charge in [0.2, 0.25) is 0 Å². The molecule has 3 aromatic carbocycles. The standard InChI is InChI=1S/C21H19F2N3.ClH/c1-13-12-26(19-9-7-15-4-2-3-5-16(15)20(13)19)21(24)25-11-14-6-8-17(22)18(23)10-14;/h2-10,13H,11-12H2,1H3,(H2,24,25);1H. The molecule has 0 amide bonds. The van der Waals surface area contributed by atoms with Crippen molar-refractivity contribution < 1.29 is 8.78 Å². The zero-order valence-electron chi connectivity index (χ0n) is 14.8. The largest absolute Gasteiger partial charge is 0.352 e. The first-order valence-corrected chi connectivity index (χ1v) is 8.60. The molecule has 3 aromatic rings. The molecule has 0 saturated heterocycles. The van der Waals surface area contributed by atoms with Gasteiger partial charge in [-0.15, -0.1) is 12.4 Å². The quantitative estimate of drug-likeness (QED) is 0.469. The molecule has 0 aliphatic carbocycles. The SMILES string of the molecule is CC1CN(C(=N)NCc2ccc(F)c(F)c2)c2ccc3ccccc3c21.Cl. The molecular weight excluding hydrogens is 368 g/mol. The molecule has 0 saturated carbocycles. The number of nitrogens with one attached hydrogen (secondary N) is 2. The summed E-state index contributed by atoms with van der Waals surface area (Å²) in [6, 6.07) is 16.2. The second-order valence-electron chi connectivity index (χ2n) is 6.68. The third kappa shape index (κ3) is 3.47. The van der Waals surface area contributed by atoms with E-state index in [-0.39, 0.29) is 24.9 Å². The van der Waals surface area contributed by atoms with E-state index in [9.17, 15) is 8.78 Å². The predicted octanol–water partition coefficient (Wildman–Crippen LogP) is 5.19. The summed E-state index contributed by atoms with van der Waals surface area (Å²) in [6.07, 6.45) is 0. The molecule has 0 aromatic heterocycles. The van der Waals surface area contributed by atoms with Crippen LogP contribution in [-0.4, -0.2) is 12.5 Å². The van der Waals surface area contributed by atoms with Crippen molar-refractivity contribution in [1.29, 1.82) is 5.41 Å². The summed E-state index contributed by atoms with van der Waals surface area (Å²) in [5.41, 5.74) is 2.88. The maximum atomic E-state index is 13.3. The Kier molecular flexibility index (Phi) is 5.33. The van der Waals surface area contributed by atoms with E-state index in [1.807, 2.05) is 17.0 Å². The normalized spacial score (nSPS) is 15.4. The minimum atomic E-state index is -0.873. The second kappa shape index (κ2) is 7.53. The Morgan fingerprint density at radius 3 is 2.67 bits per heavy atom. The van der Waals surface area contributed by atoms with E-state index >= 15 is 0 Å². The first kappa shape index (κ1) is 19.1. The molecule has 0 spiro atoms. The van der Waals surface area contributed by atoms with Crippen molar-refractivity contribution >= 4 is 34.8 Å². The van der Waals surface area contributed by atoms with Gasteiger partial charge in [-0.25, -0.2) is 8.78 Å². The van der Waals surface area contributed by atoms with Crippen molar-refractivity contribution in [1.82, 2.24) is 5.32 Å². The molecule has 1 aliphatic rings. The lowest BCUT2D eigenvalue weighted by Gasteiger charge is -2.21. The number of hydrogen-bond acceptors (Lipinski definition) is 1. The number of anilines is 1. The Morgan fingerprint density at radius 2 is 1.89 bits per heavy atom. The Morgan fingerprint density at radius 1 is 1.11 bits per heavy atom. The molecule has 4 rings (SSSR count). The Labute approximate surface area is 162 Å². The minimum absolute atomic E-state index is 0. The molecular formula is C21H20ClF2N3. The third-order valence-corrected chi connectivity index (χ3v) is 4.90. The van der Waals surface area contributed by atoms with Crippen LogP contribution >= 0.6 is 12.4 Å². The number of rotatable bonds is 2. The van der Waals surface area contributed by atoms with Gasteiger partial charge in [-0.3, -0.25) is 5.41 Å². The zero-order valence-corrected chi connectivity index (χ0v) is 15.6. The monoisotopic (exact) mass is 387 g/mol. The van der Waals surface area contributed by atoms with E-state index in [0.717, 1.165) is 17.8 Å². The van der Waals surface area contributed by atoms with Crippen molar-refractivity contribution in [2.75, 3.05) is 11.4 Å². The van der Waals surface area contributed by atoms with Gasteiger partial charge in [-0.1, -0.05) is 43.3 Å². The van der Waals surface area contributed by atoms with Gasteiger partial charge in [0.1, 0.15) is 0 Å². The predicted molar refractivity (Wildman–Crippen MR) is 108 cm³/mol. The van der Waals surface area contributed by atoms with E-state index < -0.39 is 11.6 Å². The highest BCUT2D eigenvalue weighted by atomic mass is 35.5. The van der Waals surface area contributed by atoms with Crippen LogP contribution < -0.4 is 10.2 Å². The number of nitrogens with zero attached hydrogens (tertiary/aromatic N) is 1. The Hall–Kier alpha value is -2.66. The first-order chi connectivity index (χ1) is 12.5. The molecule has 0 fully saturated rings. The summed E-state index contributed by atoms with van der Waals surface area (Å²) in [7, 11) is 0. The molecule has 1 unspecified atom stereocenters. The van der Waals surface area contributed by atoms with Crippen molar-refractivity contribution in [3.63, 3.8) is 0 Å². The highest BCUT2D eigenvalue weighted by Crippen LogP contribution is 2.40. The number of halogens is 3. The average Bonchev–Trinajstić information content (AvgIpc) is 3.00.